The molecule has 0 bridgehead atoms. The van der Waals surface area contributed by atoms with Gasteiger partial charge in [-0.05, 0) is 55.5 Å². The highest BCUT2D eigenvalue weighted by Gasteiger charge is 2.43. The molecular weight excluding hydrogens is 505 g/mol. The van der Waals surface area contributed by atoms with Gasteiger partial charge < -0.3 is 21.1 Å². The van der Waals surface area contributed by atoms with Crippen LogP contribution < -0.4 is 21.1 Å². The fraction of sp³-hybridized carbons (Fsp3) is 0.333. The first kappa shape index (κ1) is 26.2. The van der Waals surface area contributed by atoms with Gasteiger partial charge in [0.15, 0.2) is 5.60 Å². The molecule has 38 heavy (non-hydrogen) atoms. The second kappa shape index (κ2) is 10.8. The molecule has 198 valence electrons. The summed E-state index contributed by atoms with van der Waals surface area (Å²) in [5.41, 5.74) is 7.16. The Balaban J connectivity index is 1.49. The fourth-order valence-corrected chi connectivity index (χ4v) is 6.11. The summed E-state index contributed by atoms with van der Waals surface area (Å²) in [5, 5.41) is 6.77. The number of ether oxygens (including phenoxy) is 1. The van der Waals surface area contributed by atoms with E-state index >= 15 is 4.39 Å². The molecule has 1 heterocycles. The van der Waals surface area contributed by atoms with Crippen LogP contribution in [0.3, 0.4) is 0 Å². The van der Waals surface area contributed by atoms with E-state index in [2.05, 4.69) is 10.6 Å². The lowest BCUT2D eigenvalue weighted by Crippen LogP contribution is -2.47. The lowest BCUT2D eigenvalue weighted by Gasteiger charge is -2.34. The molecule has 0 spiro atoms. The minimum Gasteiger partial charge on any atom is -0.481 e. The summed E-state index contributed by atoms with van der Waals surface area (Å²) in [7, 11) is 1.68. The smallest absolute Gasteiger partial charge is 0.249 e. The maximum absolute atomic E-state index is 15.2. The Morgan fingerprint density at radius 3 is 2.45 bits per heavy atom. The van der Waals surface area contributed by atoms with Crippen LogP contribution in [0.5, 0.6) is 5.75 Å². The number of benzene rings is 3. The van der Waals surface area contributed by atoms with E-state index in [1.165, 1.54) is 18.2 Å². The van der Waals surface area contributed by atoms with Crippen LogP contribution >= 0.6 is 11.6 Å². The summed E-state index contributed by atoms with van der Waals surface area (Å²) in [6.45, 7) is 0.512. The Bertz CT molecular complexity index is 1360. The summed E-state index contributed by atoms with van der Waals surface area (Å²) in [6.07, 6.45) is 3.88. The van der Waals surface area contributed by atoms with Gasteiger partial charge in [-0.15, -0.1) is 0 Å². The highest BCUT2D eigenvalue weighted by atomic mass is 35.5. The molecule has 0 unspecified atom stereocenters. The summed E-state index contributed by atoms with van der Waals surface area (Å²) in [5.74, 6) is -0.544. The molecule has 2 amide bonds. The predicted octanol–water partition coefficient (Wildman–Crippen LogP) is 4.97. The number of fused-ring (bicyclic) bond motifs is 1. The highest BCUT2D eigenvalue weighted by molar-refractivity contribution is 6.34. The van der Waals surface area contributed by atoms with Gasteiger partial charge in [-0.3, -0.25) is 9.59 Å². The third-order valence-corrected chi connectivity index (χ3v) is 8.15. The minimum absolute atomic E-state index is 0.0537. The molecule has 3 aromatic rings. The molecule has 1 atom stereocenters. The van der Waals surface area contributed by atoms with Crippen LogP contribution in [-0.4, -0.2) is 31.4 Å². The van der Waals surface area contributed by atoms with Crippen LogP contribution in [-0.2, 0) is 16.8 Å². The second-order valence-corrected chi connectivity index (χ2v) is 10.5. The molecule has 0 radical (unpaired) electrons. The maximum atomic E-state index is 15.2. The van der Waals surface area contributed by atoms with E-state index in [9.17, 15) is 9.59 Å². The normalized spacial score (nSPS) is 22.4. The number of rotatable bonds is 7. The van der Waals surface area contributed by atoms with Crippen molar-refractivity contribution in [2.75, 3.05) is 13.6 Å². The Kier molecular flexibility index (Phi) is 7.41. The lowest BCUT2D eigenvalue weighted by atomic mass is 9.83. The van der Waals surface area contributed by atoms with Crippen molar-refractivity contribution in [3.05, 3.63) is 88.2 Å². The fourth-order valence-electron chi connectivity index (χ4n) is 5.83. The molecule has 5 rings (SSSR count). The zero-order chi connectivity index (χ0) is 26.9. The van der Waals surface area contributed by atoms with E-state index in [0.717, 1.165) is 36.8 Å². The molecule has 1 fully saturated rings. The molecular formula is C30H31ClFN3O3. The lowest BCUT2D eigenvalue weighted by molar-refractivity contribution is -0.125. The first-order chi connectivity index (χ1) is 18.3. The first-order valence-corrected chi connectivity index (χ1v) is 13.3. The number of halogens is 2. The van der Waals surface area contributed by atoms with Crippen molar-refractivity contribution >= 4 is 23.4 Å². The Hall–Kier alpha value is -3.42. The predicted molar refractivity (Wildman–Crippen MR) is 146 cm³/mol. The van der Waals surface area contributed by atoms with Crippen molar-refractivity contribution in [3.63, 3.8) is 0 Å². The summed E-state index contributed by atoms with van der Waals surface area (Å²) in [4.78, 5) is 24.3. The summed E-state index contributed by atoms with van der Waals surface area (Å²) < 4.78 is 21.9. The first-order valence-electron chi connectivity index (χ1n) is 12.9. The maximum Gasteiger partial charge on any atom is 0.249 e. The van der Waals surface area contributed by atoms with Gasteiger partial charge in [0, 0.05) is 59.2 Å². The molecule has 0 aromatic heterocycles. The van der Waals surface area contributed by atoms with Gasteiger partial charge >= 0.3 is 0 Å². The standard InChI is InChI=1S/C30H31ClFN3O3/c1-34-29(37)18-10-12-20(13-11-18)35-17-30(19-6-3-2-4-7-19)16-22-25(38-30)15-14-23(31)26(22)27-21(28(33)36)8-5-9-24(27)32/h2-9,14-15,18,20,35H,10-13,16-17H2,1H3,(H2,33,36)(H,34,37)/t18-,20+,30-/m1/s1. The van der Waals surface area contributed by atoms with E-state index < -0.39 is 17.3 Å². The molecule has 8 heteroatoms. The Morgan fingerprint density at radius 1 is 1.03 bits per heavy atom. The van der Waals surface area contributed by atoms with E-state index in [1.807, 2.05) is 30.3 Å². The Labute approximate surface area is 226 Å². The van der Waals surface area contributed by atoms with Crippen molar-refractivity contribution in [1.82, 2.24) is 10.6 Å². The molecule has 3 aromatic carbocycles. The molecule has 2 aliphatic rings. The number of carbonyl (C=O) groups is 2. The van der Waals surface area contributed by atoms with Crippen LogP contribution in [0, 0.1) is 11.7 Å². The molecule has 1 aliphatic carbocycles. The third-order valence-electron chi connectivity index (χ3n) is 7.84. The minimum atomic E-state index is -0.765. The van der Waals surface area contributed by atoms with Gasteiger partial charge in [-0.25, -0.2) is 4.39 Å². The second-order valence-electron chi connectivity index (χ2n) is 10.1. The molecule has 6 nitrogen and oxygen atoms in total. The highest BCUT2D eigenvalue weighted by Crippen LogP contribution is 2.49. The summed E-state index contributed by atoms with van der Waals surface area (Å²) >= 11 is 6.66. The van der Waals surface area contributed by atoms with Crippen LogP contribution in [0.2, 0.25) is 5.02 Å². The van der Waals surface area contributed by atoms with Crippen LogP contribution in [0.1, 0.15) is 47.2 Å². The molecule has 1 saturated carbocycles. The zero-order valence-electron chi connectivity index (χ0n) is 21.2. The van der Waals surface area contributed by atoms with E-state index in [0.29, 0.717) is 29.3 Å². The third kappa shape index (κ3) is 4.88. The van der Waals surface area contributed by atoms with E-state index in [4.69, 9.17) is 22.1 Å². The van der Waals surface area contributed by atoms with Gasteiger partial charge in [-0.2, -0.15) is 0 Å². The quantitative estimate of drug-likeness (QED) is 0.398. The van der Waals surface area contributed by atoms with E-state index in [-0.39, 0.29) is 29.0 Å². The largest absolute Gasteiger partial charge is 0.481 e. The number of hydrogen-bond donors (Lipinski definition) is 3. The van der Waals surface area contributed by atoms with Crippen molar-refractivity contribution in [1.29, 1.82) is 0 Å². The monoisotopic (exact) mass is 535 g/mol. The van der Waals surface area contributed by atoms with Gasteiger partial charge in [0.05, 0.1) is 0 Å². The Morgan fingerprint density at radius 2 is 1.76 bits per heavy atom. The average Bonchev–Trinajstić information content (AvgIpc) is 3.32. The van der Waals surface area contributed by atoms with Crippen molar-refractivity contribution in [2.24, 2.45) is 11.7 Å². The molecule has 4 N–H and O–H groups in total. The number of amides is 2. The average molecular weight is 536 g/mol. The molecule has 0 saturated heterocycles. The van der Waals surface area contributed by atoms with Crippen LogP contribution in [0.25, 0.3) is 11.1 Å². The number of primary amides is 1. The van der Waals surface area contributed by atoms with Gasteiger partial charge in [0.1, 0.15) is 11.6 Å². The zero-order valence-corrected chi connectivity index (χ0v) is 22.0. The van der Waals surface area contributed by atoms with Crippen LogP contribution in [0.4, 0.5) is 4.39 Å². The number of nitrogens with two attached hydrogens (primary N) is 1. The van der Waals surface area contributed by atoms with Crippen LogP contribution in [0.15, 0.2) is 60.7 Å². The number of hydrogen-bond acceptors (Lipinski definition) is 4. The van der Waals surface area contributed by atoms with Gasteiger partial charge in [0.2, 0.25) is 11.8 Å². The number of carbonyl (C=O) groups excluding carboxylic acids is 2. The summed E-state index contributed by atoms with van der Waals surface area (Å²) in [6, 6.07) is 17.9. The topological polar surface area (TPSA) is 93.5 Å². The molecule has 1 aliphatic heterocycles. The van der Waals surface area contributed by atoms with Crippen molar-refractivity contribution in [3.8, 4) is 16.9 Å². The van der Waals surface area contributed by atoms with Gasteiger partial charge in [-0.1, -0.05) is 48.0 Å². The van der Waals surface area contributed by atoms with Crippen molar-refractivity contribution in [2.45, 2.75) is 43.7 Å². The van der Waals surface area contributed by atoms with E-state index in [1.54, 1.807) is 19.2 Å². The number of nitrogens with one attached hydrogen (secondary N) is 2. The van der Waals surface area contributed by atoms with Gasteiger partial charge in [0.25, 0.3) is 0 Å². The SMILES string of the molecule is CNC(=O)[C@H]1CC[C@@H](NC[C@@]2(c3ccccc3)Cc3c(ccc(Cl)c3-c3c(F)cccc3C(N)=O)O2)CC1. The van der Waals surface area contributed by atoms with Crippen molar-refractivity contribution < 1.29 is 18.7 Å².